The first-order valence-electron chi connectivity index (χ1n) is 13.1. The Labute approximate surface area is 217 Å². The number of hydrogen-bond donors (Lipinski definition) is 0. The molecule has 2 atom stereocenters. The van der Waals surface area contributed by atoms with Crippen molar-refractivity contribution in [2.75, 3.05) is 13.2 Å². The summed E-state index contributed by atoms with van der Waals surface area (Å²) in [6, 6.07) is 10.8. The quantitative estimate of drug-likeness (QED) is 0.510. The molecule has 5 rings (SSSR count). The van der Waals surface area contributed by atoms with Crippen LogP contribution in [-0.4, -0.2) is 54.7 Å². The molecule has 0 radical (unpaired) electrons. The molecule has 2 aliphatic heterocycles. The maximum atomic E-state index is 14.2. The molecule has 9 heteroatoms. The van der Waals surface area contributed by atoms with Crippen LogP contribution in [0.3, 0.4) is 0 Å². The first kappa shape index (κ1) is 26.1. The van der Waals surface area contributed by atoms with E-state index in [1.807, 2.05) is 32.0 Å². The number of carbonyl (C=O) groups is 1. The third kappa shape index (κ3) is 5.12. The topological polar surface area (TPSA) is 66.9 Å². The molecule has 1 unspecified atom stereocenters. The lowest BCUT2D eigenvalue weighted by atomic mass is 9.89. The predicted octanol–water partition coefficient (Wildman–Crippen LogP) is 5.25. The first-order valence-corrected chi connectivity index (χ1v) is 14.5. The molecule has 2 fully saturated rings. The highest BCUT2D eigenvalue weighted by Crippen LogP contribution is 2.40. The molecule has 2 aromatic rings. The van der Waals surface area contributed by atoms with Crippen molar-refractivity contribution in [2.45, 2.75) is 87.7 Å². The molecule has 2 aromatic carbocycles. The van der Waals surface area contributed by atoms with Gasteiger partial charge in [0.05, 0.1) is 17.5 Å². The fraction of sp³-hybridized carbons (Fsp3) is 0.536. The predicted molar refractivity (Wildman–Crippen MR) is 136 cm³/mol. The molecule has 0 N–H and O–H groups in total. The molecule has 1 aliphatic carbocycles. The van der Waals surface area contributed by atoms with Gasteiger partial charge in [-0.3, -0.25) is 4.79 Å². The number of hydrogen-bond acceptors (Lipinski definition) is 4. The van der Waals surface area contributed by atoms with Gasteiger partial charge in [-0.15, -0.1) is 0 Å². The van der Waals surface area contributed by atoms with Gasteiger partial charge >= 0.3 is 0 Å². The number of nitrogens with zero attached hydrogens (tertiary/aromatic N) is 2. The zero-order chi connectivity index (χ0) is 26.4. The van der Waals surface area contributed by atoms with E-state index in [1.54, 1.807) is 29.2 Å². The molecule has 3 aliphatic rings. The van der Waals surface area contributed by atoms with Gasteiger partial charge in [-0.2, -0.15) is 4.31 Å². The van der Waals surface area contributed by atoms with Gasteiger partial charge in [-0.05, 0) is 68.9 Å². The average molecular weight is 533 g/mol. The van der Waals surface area contributed by atoms with Crippen LogP contribution in [0, 0.1) is 6.92 Å². The second-order valence-corrected chi connectivity index (χ2v) is 12.5. The van der Waals surface area contributed by atoms with E-state index in [4.69, 9.17) is 4.74 Å². The smallest absolute Gasteiger partial charge is 0.248 e. The molecule has 1 saturated heterocycles. The molecule has 1 saturated carbocycles. The van der Waals surface area contributed by atoms with E-state index in [-0.39, 0.29) is 49.1 Å². The van der Waals surface area contributed by atoms with Crippen LogP contribution in [0.5, 0.6) is 5.75 Å². The summed E-state index contributed by atoms with van der Waals surface area (Å²) in [5.41, 5.74) is 2.91. The second kappa shape index (κ2) is 9.98. The number of carbonyl (C=O) groups excluding carboxylic acids is 1. The number of aryl methyl sites for hydroxylation is 1. The lowest BCUT2D eigenvalue weighted by Crippen LogP contribution is -2.53. The molecule has 37 heavy (non-hydrogen) atoms. The van der Waals surface area contributed by atoms with Crippen molar-refractivity contribution in [3.05, 3.63) is 59.2 Å². The van der Waals surface area contributed by atoms with Crippen molar-refractivity contribution in [3.63, 3.8) is 0 Å². The van der Waals surface area contributed by atoms with Crippen LogP contribution in [0.1, 0.15) is 68.2 Å². The molecule has 0 aromatic heterocycles. The van der Waals surface area contributed by atoms with E-state index in [0.717, 1.165) is 28.9 Å². The minimum absolute atomic E-state index is 0.158. The Bertz CT molecular complexity index is 1260. The van der Waals surface area contributed by atoms with Gasteiger partial charge in [0.25, 0.3) is 0 Å². The fourth-order valence-electron chi connectivity index (χ4n) is 5.89. The Morgan fingerprint density at radius 3 is 2.51 bits per heavy atom. The maximum Gasteiger partial charge on any atom is 0.248 e. The molecule has 0 spiro atoms. The Morgan fingerprint density at radius 1 is 1.11 bits per heavy atom. The van der Waals surface area contributed by atoms with Gasteiger partial charge in [0.2, 0.25) is 21.9 Å². The molecule has 200 valence electrons. The van der Waals surface area contributed by atoms with Crippen LogP contribution >= 0.6 is 0 Å². The van der Waals surface area contributed by atoms with Gasteiger partial charge < -0.3 is 9.64 Å². The Morgan fingerprint density at radius 2 is 1.81 bits per heavy atom. The summed E-state index contributed by atoms with van der Waals surface area (Å²) in [6.45, 7) is 4.65. The molecular weight excluding hydrogens is 498 g/mol. The lowest BCUT2D eigenvalue weighted by Gasteiger charge is -2.42. The Balaban J connectivity index is 1.47. The largest absolute Gasteiger partial charge is 0.493 e. The van der Waals surface area contributed by atoms with E-state index in [2.05, 4.69) is 0 Å². The number of rotatable bonds is 6. The highest BCUT2D eigenvalue weighted by Gasteiger charge is 2.46. The van der Waals surface area contributed by atoms with Gasteiger partial charge in [-0.25, -0.2) is 17.2 Å². The number of ether oxygens (including phenoxy) is 1. The number of benzene rings is 2. The number of alkyl halides is 2. The van der Waals surface area contributed by atoms with E-state index in [9.17, 15) is 22.0 Å². The third-order valence-corrected chi connectivity index (χ3v) is 9.99. The summed E-state index contributed by atoms with van der Waals surface area (Å²) in [7, 11) is -3.88. The van der Waals surface area contributed by atoms with Crippen molar-refractivity contribution in [1.82, 2.24) is 9.21 Å². The van der Waals surface area contributed by atoms with Gasteiger partial charge in [0.15, 0.2) is 0 Å². The normalized spacial score (nSPS) is 22.9. The summed E-state index contributed by atoms with van der Waals surface area (Å²) in [5.74, 6) is -2.25. The number of sulfonamides is 1. The van der Waals surface area contributed by atoms with Crippen LogP contribution in [0.4, 0.5) is 8.78 Å². The third-order valence-electron chi connectivity index (χ3n) is 8.07. The zero-order valence-electron chi connectivity index (χ0n) is 21.3. The van der Waals surface area contributed by atoms with E-state index < -0.39 is 28.0 Å². The number of fused-ring (bicyclic) bond motifs is 1. The van der Waals surface area contributed by atoms with Crippen molar-refractivity contribution >= 4 is 15.9 Å². The molecule has 0 bridgehead atoms. The average Bonchev–Trinajstić information content (AvgIpc) is 3.55. The van der Waals surface area contributed by atoms with Crippen LogP contribution in [-0.2, 0) is 21.2 Å². The van der Waals surface area contributed by atoms with E-state index >= 15 is 0 Å². The fourth-order valence-corrected chi connectivity index (χ4v) is 7.54. The lowest BCUT2D eigenvalue weighted by molar-refractivity contribution is -0.143. The summed E-state index contributed by atoms with van der Waals surface area (Å²) in [6.07, 6.45) is 1.61. The van der Waals surface area contributed by atoms with E-state index in [1.165, 1.54) is 4.31 Å². The maximum absolute atomic E-state index is 14.2. The van der Waals surface area contributed by atoms with Gasteiger partial charge in [0.1, 0.15) is 11.8 Å². The van der Waals surface area contributed by atoms with E-state index in [0.29, 0.717) is 19.4 Å². The summed E-state index contributed by atoms with van der Waals surface area (Å²) in [5, 5.41) is 0. The van der Waals surface area contributed by atoms with Crippen molar-refractivity contribution in [1.29, 1.82) is 0 Å². The van der Waals surface area contributed by atoms with Crippen LogP contribution in [0.15, 0.2) is 47.4 Å². The Hall–Kier alpha value is -2.52. The zero-order valence-corrected chi connectivity index (χ0v) is 22.1. The Kier molecular flexibility index (Phi) is 7.04. The van der Waals surface area contributed by atoms with Crippen LogP contribution < -0.4 is 4.74 Å². The van der Waals surface area contributed by atoms with Gasteiger partial charge in [0, 0.05) is 31.8 Å². The SMILES string of the molecule is Cc1ccc(S(=O)(=O)N2CCC[C@H]2C(=O)N(C2CCC(F)(F)CC2)C(C)c2ccc3c(c2)OCC3)cc1. The molecule has 6 nitrogen and oxygen atoms in total. The van der Waals surface area contributed by atoms with Gasteiger partial charge in [-0.1, -0.05) is 29.8 Å². The minimum Gasteiger partial charge on any atom is -0.493 e. The number of amides is 1. The monoisotopic (exact) mass is 532 g/mol. The molecule has 2 heterocycles. The highest BCUT2D eigenvalue weighted by atomic mass is 32.2. The minimum atomic E-state index is -3.88. The standard InChI is InChI=1S/C28H34F2N2O4S/c1-19-5-9-24(10-6-19)37(34,35)31-16-3-4-25(31)27(33)32(23-11-14-28(29,30)15-12-23)20(2)22-8-7-21-13-17-36-26(21)18-22/h5-10,18,20,23,25H,3-4,11-17H2,1-2H3/t20?,25-/m0/s1. The number of halogens is 2. The van der Waals surface area contributed by atoms with Crippen molar-refractivity contribution in [2.24, 2.45) is 0 Å². The summed E-state index contributed by atoms with van der Waals surface area (Å²) in [4.78, 5) is 16.1. The highest BCUT2D eigenvalue weighted by molar-refractivity contribution is 7.89. The van der Waals surface area contributed by atoms with Crippen LogP contribution in [0.2, 0.25) is 0 Å². The summed E-state index contributed by atoms with van der Waals surface area (Å²) < 4.78 is 62.2. The van der Waals surface area contributed by atoms with Crippen molar-refractivity contribution in [3.8, 4) is 5.75 Å². The second-order valence-electron chi connectivity index (χ2n) is 10.6. The summed E-state index contributed by atoms with van der Waals surface area (Å²) >= 11 is 0. The molecular formula is C28H34F2N2O4S. The first-order chi connectivity index (χ1) is 17.6. The molecule has 1 amide bonds. The van der Waals surface area contributed by atoms with Crippen molar-refractivity contribution < 1.29 is 26.7 Å². The van der Waals surface area contributed by atoms with Crippen LogP contribution in [0.25, 0.3) is 0 Å².